The topological polar surface area (TPSA) is 77.0 Å². The maximum Gasteiger partial charge on any atom is 0.224 e. The van der Waals surface area contributed by atoms with Crippen LogP contribution in [0, 0.1) is 0 Å². The third-order valence-electron chi connectivity index (χ3n) is 4.11. The van der Waals surface area contributed by atoms with Crippen LogP contribution in [0.3, 0.4) is 0 Å². The van der Waals surface area contributed by atoms with E-state index in [4.69, 9.17) is 49.0 Å². The maximum atomic E-state index is 12.2. The van der Waals surface area contributed by atoms with Gasteiger partial charge in [0.05, 0.1) is 29.7 Å². The molecule has 1 heterocycles. The summed E-state index contributed by atoms with van der Waals surface area (Å²) in [4.78, 5) is 12.2. The van der Waals surface area contributed by atoms with Crippen LogP contribution in [0.4, 0.5) is 0 Å². The zero-order valence-corrected chi connectivity index (χ0v) is 17.7. The van der Waals surface area contributed by atoms with E-state index in [1.165, 1.54) is 0 Å². The monoisotopic (exact) mass is 459 g/mol. The summed E-state index contributed by atoms with van der Waals surface area (Å²) in [5.74, 6) is 1.13. The molecule has 9 heteroatoms. The fraction of sp³-hybridized carbons (Fsp3) is 0.350. The van der Waals surface area contributed by atoms with E-state index in [-0.39, 0.29) is 30.5 Å². The zero-order chi connectivity index (χ0) is 20.8. The van der Waals surface area contributed by atoms with E-state index in [9.17, 15) is 9.90 Å². The van der Waals surface area contributed by atoms with Crippen molar-refractivity contribution in [2.75, 3.05) is 26.4 Å². The Labute approximate surface area is 183 Å². The largest absolute Gasteiger partial charge is 0.489 e. The van der Waals surface area contributed by atoms with Crippen LogP contribution < -0.4 is 19.5 Å². The molecule has 0 aromatic heterocycles. The Morgan fingerprint density at radius 3 is 2.79 bits per heavy atom. The Kier molecular flexibility index (Phi) is 7.72. The number of hydrogen-bond donors (Lipinski definition) is 2. The van der Waals surface area contributed by atoms with Crippen LogP contribution in [0.25, 0.3) is 0 Å². The van der Waals surface area contributed by atoms with Gasteiger partial charge in [-0.1, -0.05) is 40.9 Å². The van der Waals surface area contributed by atoms with E-state index in [1.54, 1.807) is 30.3 Å². The highest BCUT2D eigenvalue weighted by Gasteiger charge is 2.17. The van der Waals surface area contributed by atoms with Gasteiger partial charge in [0.1, 0.15) is 23.5 Å². The molecule has 0 bridgehead atoms. The standard InChI is InChI=1S/C20H20Cl3NO5/c21-14-3-1-4-16(19(14)23)29-11-13(25)10-24-18(26)9-12-7-15(22)20-17(8-12)27-5-2-6-28-20/h1,3-4,7-8,13,25H,2,5-6,9-11H2,(H,24,26). The van der Waals surface area contributed by atoms with Gasteiger partial charge < -0.3 is 24.6 Å². The molecule has 3 rings (SSSR count). The van der Waals surface area contributed by atoms with Crippen molar-refractivity contribution >= 4 is 40.7 Å². The molecule has 1 aliphatic rings. The maximum absolute atomic E-state index is 12.2. The molecule has 2 aromatic rings. The van der Waals surface area contributed by atoms with Crippen molar-refractivity contribution < 1.29 is 24.1 Å². The molecule has 2 N–H and O–H groups in total. The van der Waals surface area contributed by atoms with Gasteiger partial charge in [-0.3, -0.25) is 4.79 Å². The summed E-state index contributed by atoms with van der Waals surface area (Å²) in [6.45, 7) is 1.04. The summed E-state index contributed by atoms with van der Waals surface area (Å²) >= 11 is 18.2. The average Bonchev–Trinajstić information content (AvgIpc) is 2.93. The van der Waals surface area contributed by atoms with E-state index in [1.807, 2.05) is 0 Å². The number of aliphatic hydroxyl groups is 1. The Bertz CT molecular complexity index is 877. The van der Waals surface area contributed by atoms with Gasteiger partial charge in [-0.15, -0.1) is 0 Å². The fourth-order valence-electron chi connectivity index (χ4n) is 2.71. The Morgan fingerprint density at radius 1 is 1.17 bits per heavy atom. The molecule has 1 aliphatic heterocycles. The highest BCUT2D eigenvalue weighted by molar-refractivity contribution is 6.42. The number of hydrogen-bond acceptors (Lipinski definition) is 5. The van der Waals surface area contributed by atoms with Crippen molar-refractivity contribution in [3.63, 3.8) is 0 Å². The quantitative estimate of drug-likeness (QED) is 0.655. The molecule has 0 aliphatic carbocycles. The summed E-state index contributed by atoms with van der Waals surface area (Å²) in [7, 11) is 0. The van der Waals surface area contributed by atoms with Gasteiger partial charge in [-0.05, 0) is 29.8 Å². The lowest BCUT2D eigenvalue weighted by Gasteiger charge is -2.15. The van der Waals surface area contributed by atoms with Gasteiger partial charge in [-0.2, -0.15) is 0 Å². The SMILES string of the molecule is O=C(Cc1cc(Cl)c2c(c1)OCCCO2)NCC(O)COc1cccc(Cl)c1Cl. The molecule has 29 heavy (non-hydrogen) atoms. The molecule has 0 fully saturated rings. The van der Waals surface area contributed by atoms with Crippen LogP contribution in [0.2, 0.25) is 15.1 Å². The minimum Gasteiger partial charge on any atom is -0.489 e. The molecule has 156 valence electrons. The highest BCUT2D eigenvalue weighted by atomic mass is 35.5. The number of aliphatic hydroxyl groups excluding tert-OH is 1. The third kappa shape index (κ3) is 6.06. The van der Waals surface area contributed by atoms with Crippen LogP contribution in [0.15, 0.2) is 30.3 Å². The van der Waals surface area contributed by atoms with Gasteiger partial charge in [0.15, 0.2) is 11.5 Å². The molecule has 6 nitrogen and oxygen atoms in total. The molecular weight excluding hydrogens is 441 g/mol. The first-order valence-corrected chi connectivity index (χ1v) is 10.2. The van der Waals surface area contributed by atoms with Gasteiger partial charge in [0.25, 0.3) is 0 Å². The average molecular weight is 461 g/mol. The Hall–Kier alpha value is -1.86. The molecular formula is C20H20Cl3NO5. The predicted molar refractivity (Wildman–Crippen MR) is 112 cm³/mol. The van der Waals surface area contributed by atoms with Crippen molar-refractivity contribution in [2.24, 2.45) is 0 Å². The van der Waals surface area contributed by atoms with E-state index >= 15 is 0 Å². The minimum atomic E-state index is -0.915. The molecule has 1 unspecified atom stereocenters. The molecule has 0 radical (unpaired) electrons. The highest BCUT2D eigenvalue weighted by Crippen LogP contribution is 2.38. The fourth-order valence-corrected chi connectivity index (χ4v) is 3.34. The number of halogens is 3. The zero-order valence-electron chi connectivity index (χ0n) is 15.4. The number of benzene rings is 2. The summed E-state index contributed by atoms with van der Waals surface area (Å²) in [6.07, 6.45) is -0.0630. The first kappa shape index (κ1) is 21.8. The molecule has 0 saturated heterocycles. The van der Waals surface area contributed by atoms with E-state index < -0.39 is 6.10 Å². The molecule has 2 aromatic carbocycles. The number of nitrogens with one attached hydrogen (secondary N) is 1. The summed E-state index contributed by atoms with van der Waals surface area (Å²) < 4.78 is 16.7. The lowest BCUT2D eigenvalue weighted by molar-refractivity contribution is -0.121. The van der Waals surface area contributed by atoms with Crippen LogP contribution in [0.5, 0.6) is 17.2 Å². The molecule has 1 amide bonds. The lowest BCUT2D eigenvalue weighted by atomic mass is 10.1. The van der Waals surface area contributed by atoms with Crippen molar-refractivity contribution in [2.45, 2.75) is 18.9 Å². The van der Waals surface area contributed by atoms with E-state index in [0.29, 0.717) is 46.1 Å². The number of rotatable bonds is 7. The van der Waals surface area contributed by atoms with Crippen LogP contribution in [-0.2, 0) is 11.2 Å². The minimum absolute atomic E-state index is 0.0231. The second-order valence-corrected chi connectivity index (χ2v) is 7.65. The third-order valence-corrected chi connectivity index (χ3v) is 5.19. The summed E-state index contributed by atoms with van der Waals surface area (Å²) in [5.41, 5.74) is 0.688. The molecule has 0 spiro atoms. The first-order valence-electron chi connectivity index (χ1n) is 9.03. The van der Waals surface area contributed by atoms with Gasteiger partial charge in [-0.25, -0.2) is 0 Å². The van der Waals surface area contributed by atoms with Crippen molar-refractivity contribution in [3.8, 4) is 17.2 Å². The smallest absolute Gasteiger partial charge is 0.224 e. The lowest BCUT2D eigenvalue weighted by Crippen LogP contribution is -2.36. The predicted octanol–water partition coefficient (Wildman–Crippen LogP) is 3.91. The van der Waals surface area contributed by atoms with Crippen LogP contribution in [-0.4, -0.2) is 43.5 Å². The van der Waals surface area contributed by atoms with Crippen molar-refractivity contribution in [1.29, 1.82) is 0 Å². The Balaban J connectivity index is 1.49. The summed E-state index contributed by atoms with van der Waals surface area (Å²) in [6, 6.07) is 8.40. The number of carbonyl (C=O) groups excluding carboxylic acids is 1. The van der Waals surface area contributed by atoms with Crippen molar-refractivity contribution in [3.05, 3.63) is 51.0 Å². The van der Waals surface area contributed by atoms with E-state index in [0.717, 1.165) is 6.42 Å². The van der Waals surface area contributed by atoms with Gasteiger partial charge in [0.2, 0.25) is 5.91 Å². The van der Waals surface area contributed by atoms with Crippen LogP contribution in [0.1, 0.15) is 12.0 Å². The van der Waals surface area contributed by atoms with Crippen LogP contribution >= 0.6 is 34.8 Å². The molecule has 0 saturated carbocycles. The Morgan fingerprint density at radius 2 is 1.97 bits per heavy atom. The van der Waals surface area contributed by atoms with Gasteiger partial charge >= 0.3 is 0 Å². The summed E-state index contributed by atoms with van der Waals surface area (Å²) in [5, 5.41) is 13.7. The van der Waals surface area contributed by atoms with E-state index in [2.05, 4.69) is 5.32 Å². The number of carbonyl (C=O) groups is 1. The van der Waals surface area contributed by atoms with Crippen molar-refractivity contribution in [1.82, 2.24) is 5.32 Å². The second kappa shape index (κ2) is 10.3. The number of amides is 1. The second-order valence-electron chi connectivity index (χ2n) is 6.45. The normalized spacial score (nSPS) is 14.1. The molecule has 1 atom stereocenters. The number of fused-ring (bicyclic) bond motifs is 1. The first-order chi connectivity index (χ1) is 13.9. The van der Waals surface area contributed by atoms with Gasteiger partial charge in [0, 0.05) is 13.0 Å². The number of ether oxygens (including phenoxy) is 3.